The first-order valence-electron chi connectivity index (χ1n) is 8.68. The van der Waals surface area contributed by atoms with Crippen molar-refractivity contribution in [3.05, 3.63) is 65.7 Å². The van der Waals surface area contributed by atoms with Gasteiger partial charge in [-0.05, 0) is 18.6 Å². The lowest BCUT2D eigenvalue weighted by atomic mass is 10.1. The number of nitrogens with zero attached hydrogens (tertiary/aromatic N) is 3. The summed E-state index contributed by atoms with van der Waals surface area (Å²) < 4.78 is 0. The monoisotopic (exact) mass is 439 g/mol. The van der Waals surface area contributed by atoms with E-state index in [4.69, 9.17) is 15.9 Å². The van der Waals surface area contributed by atoms with Crippen LogP contribution in [0.25, 0.3) is 0 Å². The van der Waals surface area contributed by atoms with Gasteiger partial charge in [-0.15, -0.1) is 0 Å². The second kappa shape index (κ2) is 11.2. The number of nitrogen functional groups attached to an aromatic ring is 1. The number of rotatable bonds is 8. The van der Waals surface area contributed by atoms with Crippen LogP contribution in [-0.2, 0) is 6.42 Å². The number of nitro groups is 3. The summed E-state index contributed by atoms with van der Waals surface area (Å²) in [5.74, 6) is -0.757. The summed E-state index contributed by atoms with van der Waals surface area (Å²) in [4.78, 5) is 29.6. The zero-order valence-corrected chi connectivity index (χ0v) is 16.3. The molecular formula is C17H21N5O9. The van der Waals surface area contributed by atoms with E-state index in [0.29, 0.717) is 18.3 Å². The number of hydrogen-bond donors (Lipinski definition) is 5. The number of anilines is 2. The van der Waals surface area contributed by atoms with E-state index in [2.05, 4.69) is 5.32 Å². The number of nitro benzene ring substituents is 3. The maximum atomic E-state index is 10.6. The Morgan fingerprint density at radius 3 is 2.00 bits per heavy atom. The predicted molar refractivity (Wildman–Crippen MR) is 110 cm³/mol. The molecule has 0 fully saturated rings. The Labute approximate surface area is 175 Å². The lowest BCUT2D eigenvalue weighted by Gasteiger charge is -2.07. The van der Waals surface area contributed by atoms with Crippen molar-refractivity contribution in [1.82, 2.24) is 0 Å². The molecule has 0 bridgehead atoms. The number of aryl methyl sites for hydroxylation is 1. The first-order valence-corrected chi connectivity index (χ1v) is 8.68. The molecule has 2 aromatic rings. The van der Waals surface area contributed by atoms with Crippen LogP contribution in [0, 0.1) is 37.3 Å². The fraction of sp³-hybridized carbons (Fsp3) is 0.294. The van der Waals surface area contributed by atoms with E-state index < -0.39 is 38.5 Å². The van der Waals surface area contributed by atoms with E-state index in [0.717, 1.165) is 5.56 Å². The summed E-state index contributed by atoms with van der Waals surface area (Å²) in [6.45, 7) is 1.60. The van der Waals surface area contributed by atoms with E-state index in [1.807, 2.05) is 0 Å². The maximum absolute atomic E-state index is 10.6. The molecule has 0 aliphatic heterocycles. The topological polar surface area (TPSA) is 228 Å². The Balaban J connectivity index is 0.000000316. The molecule has 168 valence electrons. The lowest BCUT2D eigenvalue weighted by molar-refractivity contribution is -0.394. The number of nitrogens with one attached hydrogen (secondary N) is 1. The van der Waals surface area contributed by atoms with Crippen molar-refractivity contribution in [3.63, 3.8) is 0 Å². The van der Waals surface area contributed by atoms with Crippen molar-refractivity contribution in [1.29, 1.82) is 0 Å². The highest BCUT2D eigenvalue weighted by molar-refractivity contribution is 5.73. The molecule has 0 heterocycles. The van der Waals surface area contributed by atoms with Crippen LogP contribution in [0.5, 0.6) is 5.75 Å². The third-order valence-corrected chi connectivity index (χ3v) is 3.94. The Morgan fingerprint density at radius 1 is 0.935 bits per heavy atom. The Bertz CT molecular complexity index is 943. The number of aromatic hydroxyl groups is 1. The van der Waals surface area contributed by atoms with Crippen molar-refractivity contribution in [2.75, 3.05) is 30.8 Å². The maximum Gasteiger partial charge on any atom is 0.318 e. The second-order valence-electron chi connectivity index (χ2n) is 6.07. The number of aliphatic hydroxyl groups is 2. The number of hydrogen-bond acceptors (Lipinski definition) is 11. The molecule has 2 rings (SSSR count). The van der Waals surface area contributed by atoms with E-state index >= 15 is 0 Å². The molecule has 31 heavy (non-hydrogen) atoms. The third kappa shape index (κ3) is 6.48. The predicted octanol–water partition coefficient (Wildman–Crippen LogP) is 1.63. The van der Waals surface area contributed by atoms with Gasteiger partial charge in [0.2, 0.25) is 0 Å². The molecule has 14 heteroatoms. The van der Waals surface area contributed by atoms with Crippen LogP contribution >= 0.6 is 0 Å². The first kappa shape index (κ1) is 25.0. The summed E-state index contributed by atoms with van der Waals surface area (Å²) in [5, 5.41) is 61.4. The van der Waals surface area contributed by atoms with Crippen LogP contribution in [-0.4, -0.2) is 49.8 Å². The lowest BCUT2D eigenvalue weighted by Crippen LogP contribution is -2.07. The number of phenolic OH excluding ortho intramolecular Hbond substituents is 1. The molecule has 0 aromatic heterocycles. The smallest absolute Gasteiger partial charge is 0.318 e. The summed E-state index contributed by atoms with van der Waals surface area (Å²) in [6, 6.07) is 5.51. The summed E-state index contributed by atoms with van der Waals surface area (Å²) in [6.07, 6.45) is -0.208. The van der Waals surface area contributed by atoms with Gasteiger partial charge in [0, 0.05) is 31.2 Å². The highest BCUT2D eigenvalue weighted by atomic mass is 16.6. The highest BCUT2D eigenvalue weighted by Crippen LogP contribution is 2.40. The van der Waals surface area contributed by atoms with Crippen molar-refractivity contribution < 1.29 is 30.1 Å². The van der Waals surface area contributed by atoms with E-state index in [1.54, 1.807) is 19.1 Å². The van der Waals surface area contributed by atoms with Gasteiger partial charge in [-0.2, -0.15) is 0 Å². The molecule has 0 radical (unpaired) electrons. The van der Waals surface area contributed by atoms with Crippen LogP contribution in [0.1, 0.15) is 11.1 Å². The minimum absolute atomic E-state index is 0.0402. The summed E-state index contributed by atoms with van der Waals surface area (Å²) in [7, 11) is 0. The first-order chi connectivity index (χ1) is 14.5. The van der Waals surface area contributed by atoms with Gasteiger partial charge >= 0.3 is 5.69 Å². The number of benzene rings is 2. The zero-order chi connectivity index (χ0) is 23.7. The van der Waals surface area contributed by atoms with Crippen molar-refractivity contribution in [2.24, 2.45) is 0 Å². The number of aliphatic hydroxyl groups excluding tert-OH is 2. The quantitative estimate of drug-likeness (QED) is 0.225. The normalized spacial score (nSPS) is 10.0. The molecule has 0 saturated carbocycles. The van der Waals surface area contributed by atoms with Crippen molar-refractivity contribution in [3.8, 4) is 5.75 Å². The number of nitrogens with two attached hydrogens (primary N) is 1. The molecule has 2 aromatic carbocycles. The van der Waals surface area contributed by atoms with Crippen molar-refractivity contribution >= 4 is 28.4 Å². The van der Waals surface area contributed by atoms with Gasteiger partial charge in [-0.3, -0.25) is 30.3 Å². The Kier molecular flexibility index (Phi) is 9.05. The zero-order valence-electron chi connectivity index (χ0n) is 16.3. The van der Waals surface area contributed by atoms with Gasteiger partial charge in [0.1, 0.15) is 11.4 Å². The molecule has 0 atom stereocenters. The molecule has 0 spiro atoms. The molecule has 0 amide bonds. The second-order valence-corrected chi connectivity index (χ2v) is 6.07. The molecule has 6 N–H and O–H groups in total. The number of phenols is 1. The van der Waals surface area contributed by atoms with Gasteiger partial charge in [0.25, 0.3) is 11.4 Å². The largest absolute Gasteiger partial charge is 0.502 e. The molecular weight excluding hydrogens is 418 g/mol. The van der Waals surface area contributed by atoms with E-state index in [-0.39, 0.29) is 30.0 Å². The SMILES string of the molecule is Cc1ccc(NCCO)c([N+](=O)[O-])c1.Nc1c([N+](=O)[O-])cc([N+](=O)[O-])c(O)c1CCO. The Hall–Kier alpha value is -4.04. The molecule has 0 aliphatic rings. The fourth-order valence-electron chi connectivity index (χ4n) is 2.50. The van der Waals surface area contributed by atoms with Crippen LogP contribution < -0.4 is 11.1 Å². The molecule has 0 saturated heterocycles. The van der Waals surface area contributed by atoms with Gasteiger partial charge in [0.05, 0.1) is 27.4 Å². The van der Waals surface area contributed by atoms with Crippen LogP contribution in [0.4, 0.5) is 28.4 Å². The van der Waals surface area contributed by atoms with Gasteiger partial charge in [-0.25, -0.2) is 0 Å². The summed E-state index contributed by atoms with van der Waals surface area (Å²) >= 11 is 0. The average Bonchev–Trinajstić information content (AvgIpc) is 2.70. The van der Waals surface area contributed by atoms with E-state index in [9.17, 15) is 35.4 Å². The van der Waals surface area contributed by atoms with Crippen LogP contribution in [0.3, 0.4) is 0 Å². The minimum Gasteiger partial charge on any atom is -0.502 e. The van der Waals surface area contributed by atoms with Crippen LogP contribution in [0.15, 0.2) is 24.3 Å². The standard InChI is InChI=1S/C9H12N2O3.C8H9N3O6/c1-7-2-3-8(10-4-5-12)9(6-7)11(13)14;9-7-4(1-2-12)8(13)6(11(16)17)3-5(7)10(14)15/h2-3,6,10,12H,4-5H2,1H3;3,12-13H,1-2,9H2. The van der Waals surface area contributed by atoms with Crippen LogP contribution in [0.2, 0.25) is 0 Å². The third-order valence-electron chi connectivity index (χ3n) is 3.94. The molecule has 0 unspecified atom stereocenters. The molecule has 0 aliphatic carbocycles. The van der Waals surface area contributed by atoms with Crippen molar-refractivity contribution in [2.45, 2.75) is 13.3 Å². The fourth-order valence-corrected chi connectivity index (χ4v) is 2.50. The van der Waals surface area contributed by atoms with Gasteiger partial charge in [-0.1, -0.05) is 6.07 Å². The minimum atomic E-state index is -0.956. The Morgan fingerprint density at radius 2 is 1.52 bits per heavy atom. The average molecular weight is 439 g/mol. The highest BCUT2D eigenvalue weighted by Gasteiger charge is 2.28. The summed E-state index contributed by atoms with van der Waals surface area (Å²) in [5.41, 5.74) is 4.66. The molecule has 14 nitrogen and oxygen atoms in total. The van der Waals surface area contributed by atoms with E-state index in [1.165, 1.54) is 6.07 Å². The van der Waals surface area contributed by atoms with Gasteiger partial charge < -0.3 is 26.4 Å². The van der Waals surface area contributed by atoms with Gasteiger partial charge in [0.15, 0.2) is 5.75 Å².